The first-order valence-corrected chi connectivity index (χ1v) is 8.82. The molecule has 0 radical (unpaired) electrons. The molecule has 1 aliphatic heterocycles. The Kier molecular flexibility index (Phi) is 5.28. The van der Waals surface area contributed by atoms with E-state index in [-0.39, 0.29) is 17.7 Å². The van der Waals surface area contributed by atoms with E-state index < -0.39 is 0 Å². The molecule has 2 heterocycles. The third-order valence-corrected chi connectivity index (χ3v) is 5.19. The highest BCUT2D eigenvalue weighted by molar-refractivity contribution is 5.87. The Morgan fingerprint density at radius 1 is 1.33 bits per heavy atom. The molecule has 1 aliphatic carbocycles. The number of carbonyl (C=O) groups excluding carboxylic acids is 2. The maximum absolute atomic E-state index is 12.4. The molecule has 1 unspecified atom stereocenters. The summed E-state index contributed by atoms with van der Waals surface area (Å²) in [4.78, 5) is 30.3. The van der Waals surface area contributed by atoms with E-state index in [9.17, 15) is 9.59 Å². The fourth-order valence-electron chi connectivity index (χ4n) is 3.76. The van der Waals surface area contributed by atoms with Crippen LogP contribution in [0, 0.1) is 5.92 Å². The molecule has 1 N–H and O–H groups in total. The van der Waals surface area contributed by atoms with Crippen LogP contribution >= 0.6 is 0 Å². The molecule has 1 fully saturated rings. The van der Waals surface area contributed by atoms with Gasteiger partial charge in [0, 0.05) is 43.4 Å². The van der Waals surface area contributed by atoms with E-state index >= 15 is 0 Å². The van der Waals surface area contributed by atoms with Crippen molar-refractivity contribution in [3.05, 3.63) is 42.2 Å². The maximum atomic E-state index is 12.4. The van der Waals surface area contributed by atoms with Crippen LogP contribution in [-0.4, -0.2) is 41.3 Å². The summed E-state index contributed by atoms with van der Waals surface area (Å²) in [5.74, 6) is 0.398. The molecule has 0 aromatic carbocycles. The average molecular weight is 327 g/mol. The molecule has 1 saturated heterocycles. The topological polar surface area (TPSA) is 62.3 Å². The minimum absolute atomic E-state index is 0.00524. The van der Waals surface area contributed by atoms with E-state index in [4.69, 9.17) is 0 Å². The number of hydrogen-bond acceptors (Lipinski definition) is 3. The summed E-state index contributed by atoms with van der Waals surface area (Å²) in [5, 5.41) is 3.12. The molecule has 0 spiro atoms. The molecule has 2 amide bonds. The first-order valence-electron chi connectivity index (χ1n) is 8.82. The van der Waals surface area contributed by atoms with Gasteiger partial charge in [-0.25, -0.2) is 0 Å². The van der Waals surface area contributed by atoms with Gasteiger partial charge in [-0.1, -0.05) is 12.6 Å². The predicted molar refractivity (Wildman–Crippen MR) is 92.4 cm³/mol. The van der Waals surface area contributed by atoms with Crippen LogP contribution in [0.25, 0.3) is 0 Å². The number of nitrogens with zero attached hydrogens (tertiary/aromatic N) is 2. The van der Waals surface area contributed by atoms with Crippen LogP contribution in [0.3, 0.4) is 0 Å². The van der Waals surface area contributed by atoms with Gasteiger partial charge in [-0.15, -0.1) is 0 Å². The Balaban J connectivity index is 1.50. The number of aryl methyl sites for hydroxylation is 1. The van der Waals surface area contributed by atoms with Crippen molar-refractivity contribution in [1.29, 1.82) is 0 Å². The molecule has 128 valence electrons. The van der Waals surface area contributed by atoms with Crippen molar-refractivity contribution in [2.45, 2.75) is 38.0 Å². The summed E-state index contributed by atoms with van der Waals surface area (Å²) in [5.41, 5.74) is 2.47. The fraction of sp³-hybridized carbons (Fsp3) is 0.526. The number of amides is 2. The highest BCUT2D eigenvalue weighted by Crippen LogP contribution is 2.29. The number of aromatic nitrogens is 1. The Labute approximate surface area is 143 Å². The molecule has 3 rings (SSSR count). The number of likely N-dealkylation sites (tertiary alicyclic amines) is 1. The van der Waals surface area contributed by atoms with Crippen LogP contribution in [0.1, 0.15) is 42.9 Å². The molecule has 5 heteroatoms. The van der Waals surface area contributed by atoms with Crippen molar-refractivity contribution >= 4 is 11.8 Å². The minimum atomic E-state index is -0.0428. The summed E-state index contributed by atoms with van der Waals surface area (Å²) in [7, 11) is 0. The van der Waals surface area contributed by atoms with Crippen LogP contribution < -0.4 is 5.32 Å². The van der Waals surface area contributed by atoms with E-state index in [1.54, 1.807) is 4.90 Å². The van der Waals surface area contributed by atoms with Gasteiger partial charge in [-0.2, -0.15) is 0 Å². The third kappa shape index (κ3) is 3.66. The number of fused-ring (bicyclic) bond motifs is 1. The Morgan fingerprint density at radius 3 is 2.88 bits per heavy atom. The third-order valence-electron chi connectivity index (χ3n) is 5.19. The molecule has 2 aliphatic rings. The maximum Gasteiger partial charge on any atom is 0.245 e. The lowest BCUT2D eigenvalue weighted by Gasteiger charge is -2.31. The molecular weight excluding hydrogens is 302 g/mol. The lowest BCUT2D eigenvalue weighted by molar-refractivity contribution is -0.132. The summed E-state index contributed by atoms with van der Waals surface area (Å²) in [6.45, 7) is 5.45. The molecule has 1 aromatic rings. The SMILES string of the molecule is C=CC(=O)N1CCC(C(=O)NCC2CCCc3cccnc32)CC1. The van der Waals surface area contributed by atoms with Gasteiger partial charge in [0.15, 0.2) is 0 Å². The smallest absolute Gasteiger partial charge is 0.245 e. The van der Waals surface area contributed by atoms with Crippen LogP contribution in [-0.2, 0) is 16.0 Å². The molecule has 24 heavy (non-hydrogen) atoms. The van der Waals surface area contributed by atoms with Crippen LogP contribution in [0.5, 0.6) is 0 Å². The number of pyridine rings is 1. The number of carbonyl (C=O) groups is 2. The Hall–Kier alpha value is -2.17. The van der Waals surface area contributed by atoms with Gasteiger partial charge < -0.3 is 10.2 Å². The van der Waals surface area contributed by atoms with Gasteiger partial charge in [0.25, 0.3) is 0 Å². The van der Waals surface area contributed by atoms with E-state index in [1.807, 2.05) is 12.3 Å². The Bertz CT molecular complexity index is 621. The summed E-state index contributed by atoms with van der Waals surface area (Å²) < 4.78 is 0. The van der Waals surface area contributed by atoms with Gasteiger partial charge in [0.1, 0.15) is 0 Å². The normalized spacial score (nSPS) is 21.0. The van der Waals surface area contributed by atoms with Gasteiger partial charge in [0.2, 0.25) is 11.8 Å². The van der Waals surface area contributed by atoms with Gasteiger partial charge in [-0.05, 0) is 49.8 Å². The van der Waals surface area contributed by atoms with Crippen molar-refractivity contribution in [2.75, 3.05) is 19.6 Å². The fourth-order valence-corrected chi connectivity index (χ4v) is 3.76. The second-order valence-corrected chi connectivity index (χ2v) is 6.69. The van der Waals surface area contributed by atoms with Gasteiger partial charge in [-0.3, -0.25) is 14.6 Å². The van der Waals surface area contributed by atoms with Crippen LogP contribution in [0.2, 0.25) is 0 Å². The quantitative estimate of drug-likeness (QED) is 0.861. The van der Waals surface area contributed by atoms with E-state index in [2.05, 4.69) is 22.9 Å². The van der Waals surface area contributed by atoms with E-state index in [1.165, 1.54) is 11.6 Å². The van der Waals surface area contributed by atoms with E-state index in [0.29, 0.717) is 25.6 Å². The number of piperidine rings is 1. The summed E-state index contributed by atoms with van der Waals surface area (Å²) >= 11 is 0. The number of nitrogens with one attached hydrogen (secondary N) is 1. The largest absolute Gasteiger partial charge is 0.355 e. The first-order chi connectivity index (χ1) is 11.7. The van der Waals surface area contributed by atoms with Crippen molar-refractivity contribution in [1.82, 2.24) is 15.2 Å². The molecule has 0 saturated carbocycles. The molecule has 1 aromatic heterocycles. The average Bonchev–Trinajstić information content (AvgIpc) is 2.65. The lowest BCUT2D eigenvalue weighted by atomic mass is 9.86. The predicted octanol–water partition coefficient (Wildman–Crippen LogP) is 2.04. The van der Waals surface area contributed by atoms with Crippen molar-refractivity contribution in [3.8, 4) is 0 Å². The zero-order valence-electron chi connectivity index (χ0n) is 14.0. The van der Waals surface area contributed by atoms with Crippen molar-refractivity contribution in [2.24, 2.45) is 5.92 Å². The molecular formula is C19H25N3O2. The van der Waals surface area contributed by atoms with E-state index in [0.717, 1.165) is 37.8 Å². The minimum Gasteiger partial charge on any atom is -0.355 e. The molecule has 1 atom stereocenters. The first kappa shape index (κ1) is 16.7. The van der Waals surface area contributed by atoms with Crippen molar-refractivity contribution in [3.63, 3.8) is 0 Å². The number of rotatable bonds is 4. The second kappa shape index (κ2) is 7.60. The highest BCUT2D eigenvalue weighted by atomic mass is 16.2. The van der Waals surface area contributed by atoms with Crippen LogP contribution in [0.15, 0.2) is 31.0 Å². The van der Waals surface area contributed by atoms with Gasteiger partial charge >= 0.3 is 0 Å². The monoisotopic (exact) mass is 327 g/mol. The van der Waals surface area contributed by atoms with Crippen molar-refractivity contribution < 1.29 is 9.59 Å². The second-order valence-electron chi connectivity index (χ2n) is 6.69. The zero-order valence-corrected chi connectivity index (χ0v) is 14.0. The Morgan fingerprint density at radius 2 is 2.12 bits per heavy atom. The lowest BCUT2D eigenvalue weighted by Crippen LogP contribution is -2.43. The highest BCUT2D eigenvalue weighted by Gasteiger charge is 2.28. The van der Waals surface area contributed by atoms with Gasteiger partial charge in [0.05, 0.1) is 0 Å². The molecule has 0 bridgehead atoms. The summed E-state index contributed by atoms with van der Waals surface area (Å²) in [6, 6.07) is 4.13. The zero-order chi connectivity index (χ0) is 16.9. The number of hydrogen-bond donors (Lipinski definition) is 1. The summed E-state index contributed by atoms with van der Waals surface area (Å²) in [6.07, 6.45) is 7.95. The standard InChI is InChI=1S/C19H25N3O2/c1-2-17(23)22-11-8-15(9-12-22)19(24)21-13-16-6-3-5-14-7-4-10-20-18(14)16/h2,4,7,10,15-16H,1,3,5-6,8-9,11-13H2,(H,21,24). The molecule has 5 nitrogen and oxygen atoms in total. The van der Waals surface area contributed by atoms with Crippen LogP contribution in [0.4, 0.5) is 0 Å².